The standard InChI is InChI=1S/C15H10N6O2/c16-8-10-9-17-21(11-4-2-1-3-5-11)14(10)18-15(23)12-6-7-13(22)20-19-12/h1-7,9H,(H,18,23)(H,20,22). The van der Waals surface area contributed by atoms with Gasteiger partial charge in [0.05, 0.1) is 11.9 Å². The highest BCUT2D eigenvalue weighted by molar-refractivity contribution is 6.03. The molecule has 23 heavy (non-hydrogen) atoms. The number of hydrogen-bond acceptors (Lipinski definition) is 5. The number of para-hydroxylation sites is 1. The van der Waals surface area contributed by atoms with E-state index in [9.17, 15) is 14.9 Å². The molecule has 0 aliphatic rings. The third kappa shape index (κ3) is 2.84. The van der Waals surface area contributed by atoms with Gasteiger partial charge in [0.25, 0.3) is 11.5 Å². The maximum Gasteiger partial charge on any atom is 0.277 e. The summed E-state index contributed by atoms with van der Waals surface area (Å²) in [7, 11) is 0. The highest BCUT2D eigenvalue weighted by atomic mass is 16.2. The van der Waals surface area contributed by atoms with Crippen molar-refractivity contribution in [3.63, 3.8) is 0 Å². The molecule has 8 heteroatoms. The van der Waals surface area contributed by atoms with E-state index in [0.29, 0.717) is 5.69 Å². The van der Waals surface area contributed by atoms with Crippen LogP contribution in [0.15, 0.2) is 53.5 Å². The Labute approximate surface area is 130 Å². The Hall–Kier alpha value is -3.73. The minimum Gasteiger partial charge on any atom is -0.304 e. The Kier molecular flexibility index (Phi) is 3.68. The van der Waals surface area contributed by atoms with Gasteiger partial charge in [0.15, 0.2) is 5.82 Å². The minimum absolute atomic E-state index is 0.0225. The lowest BCUT2D eigenvalue weighted by Gasteiger charge is -2.09. The molecule has 2 aromatic heterocycles. The van der Waals surface area contributed by atoms with E-state index in [-0.39, 0.29) is 17.1 Å². The first-order valence-corrected chi connectivity index (χ1v) is 6.59. The molecule has 0 aliphatic heterocycles. The van der Waals surface area contributed by atoms with Crippen LogP contribution in [0, 0.1) is 11.3 Å². The molecule has 2 N–H and O–H groups in total. The van der Waals surface area contributed by atoms with Gasteiger partial charge in [-0.05, 0) is 18.2 Å². The SMILES string of the molecule is N#Cc1cnn(-c2ccccc2)c1NC(=O)c1ccc(=O)[nH]n1. The summed E-state index contributed by atoms with van der Waals surface area (Å²) in [5, 5.41) is 21.7. The van der Waals surface area contributed by atoms with Crippen molar-refractivity contribution in [3.8, 4) is 11.8 Å². The maximum absolute atomic E-state index is 12.2. The van der Waals surface area contributed by atoms with Crippen molar-refractivity contribution < 1.29 is 4.79 Å². The summed E-state index contributed by atoms with van der Waals surface area (Å²) in [6, 6.07) is 13.5. The van der Waals surface area contributed by atoms with Crippen LogP contribution >= 0.6 is 0 Å². The molecule has 3 aromatic rings. The van der Waals surface area contributed by atoms with Crippen LogP contribution in [0.4, 0.5) is 5.82 Å². The average molecular weight is 306 g/mol. The summed E-state index contributed by atoms with van der Waals surface area (Å²) < 4.78 is 1.45. The van der Waals surface area contributed by atoms with E-state index in [0.717, 1.165) is 0 Å². The van der Waals surface area contributed by atoms with Gasteiger partial charge in [0.1, 0.15) is 17.3 Å². The number of amides is 1. The Morgan fingerprint density at radius 1 is 1.22 bits per heavy atom. The molecule has 0 saturated heterocycles. The number of nitriles is 1. The molecule has 0 saturated carbocycles. The first-order valence-electron chi connectivity index (χ1n) is 6.59. The summed E-state index contributed by atoms with van der Waals surface area (Å²) >= 11 is 0. The van der Waals surface area contributed by atoms with E-state index in [2.05, 4.69) is 20.6 Å². The summed E-state index contributed by atoms with van der Waals surface area (Å²) in [4.78, 5) is 23.2. The quantitative estimate of drug-likeness (QED) is 0.751. The monoisotopic (exact) mass is 306 g/mol. The zero-order valence-corrected chi connectivity index (χ0v) is 11.7. The minimum atomic E-state index is -0.560. The molecule has 0 radical (unpaired) electrons. The lowest BCUT2D eigenvalue weighted by atomic mass is 10.3. The van der Waals surface area contributed by atoms with Gasteiger partial charge < -0.3 is 5.32 Å². The van der Waals surface area contributed by atoms with Crippen LogP contribution in [0.25, 0.3) is 5.69 Å². The first kappa shape index (κ1) is 14.2. The van der Waals surface area contributed by atoms with Crippen LogP contribution in [0.5, 0.6) is 0 Å². The molecular weight excluding hydrogens is 296 g/mol. The number of aromatic amines is 1. The first-order chi connectivity index (χ1) is 11.2. The molecule has 3 rings (SSSR count). The number of hydrogen-bond donors (Lipinski definition) is 2. The van der Waals surface area contributed by atoms with Crippen LogP contribution in [0.1, 0.15) is 16.1 Å². The number of nitrogens with one attached hydrogen (secondary N) is 2. The smallest absolute Gasteiger partial charge is 0.277 e. The van der Waals surface area contributed by atoms with Crippen LogP contribution in [0.3, 0.4) is 0 Å². The zero-order chi connectivity index (χ0) is 16.2. The Balaban J connectivity index is 1.98. The molecule has 1 amide bonds. The predicted octanol–water partition coefficient (Wildman–Crippen LogP) is 1.08. The fourth-order valence-corrected chi connectivity index (χ4v) is 1.96. The van der Waals surface area contributed by atoms with Crippen molar-refractivity contribution in [2.45, 2.75) is 0 Å². The third-order valence-corrected chi connectivity index (χ3v) is 3.03. The highest BCUT2D eigenvalue weighted by Gasteiger charge is 2.16. The number of H-pyrrole nitrogens is 1. The van der Waals surface area contributed by atoms with Crippen molar-refractivity contribution in [2.75, 3.05) is 5.32 Å². The summed E-state index contributed by atoms with van der Waals surface area (Å²) in [5.41, 5.74) is 0.522. The fraction of sp³-hybridized carbons (Fsp3) is 0. The lowest BCUT2D eigenvalue weighted by Crippen LogP contribution is -2.19. The Bertz CT molecular complexity index is 932. The summed E-state index contributed by atoms with van der Waals surface area (Å²) in [6.45, 7) is 0. The topological polar surface area (TPSA) is 116 Å². The van der Waals surface area contributed by atoms with E-state index < -0.39 is 11.5 Å². The molecule has 112 valence electrons. The van der Waals surface area contributed by atoms with Crippen LogP contribution in [0.2, 0.25) is 0 Å². The predicted molar refractivity (Wildman–Crippen MR) is 81.1 cm³/mol. The van der Waals surface area contributed by atoms with Crippen molar-refractivity contribution >= 4 is 11.7 Å². The van der Waals surface area contributed by atoms with E-state index in [1.54, 1.807) is 12.1 Å². The van der Waals surface area contributed by atoms with E-state index >= 15 is 0 Å². The van der Waals surface area contributed by atoms with Gasteiger partial charge in [-0.15, -0.1) is 0 Å². The Morgan fingerprint density at radius 3 is 2.65 bits per heavy atom. The zero-order valence-electron chi connectivity index (χ0n) is 11.7. The normalized spacial score (nSPS) is 10.0. The highest BCUT2D eigenvalue weighted by Crippen LogP contribution is 2.19. The van der Waals surface area contributed by atoms with Crippen LogP contribution in [-0.4, -0.2) is 25.9 Å². The number of aromatic nitrogens is 4. The number of benzene rings is 1. The van der Waals surface area contributed by atoms with Gasteiger partial charge in [-0.1, -0.05) is 18.2 Å². The number of carbonyl (C=O) groups excluding carboxylic acids is 1. The number of nitrogens with zero attached hydrogens (tertiary/aromatic N) is 4. The van der Waals surface area contributed by atoms with Crippen molar-refractivity contribution in [1.29, 1.82) is 5.26 Å². The second-order valence-electron chi connectivity index (χ2n) is 4.53. The maximum atomic E-state index is 12.2. The molecule has 0 spiro atoms. The fourth-order valence-electron chi connectivity index (χ4n) is 1.96. The van der Waals surface area contributed by atoms with Gasteiger partial charge in [-0.3, -0.25) is 9.59 Å². The van der Waals surface area contributed by atoms with Crippen LogP contribution < -0.4 is 10.9 Å². The van der Waals surface area contributed by atoms with E-state index in [4.69, 9.17) is 0 Å². The molecule has 2 heterocycles. The van der Waals surface area contributed by atoms with Crippen molar-refractivity contribution in [2.24, 2.45) is 0 Å². The average Bonchev–Trinajstić information content (AvgIpc) is 2.99. The van der Waals surface area contributed by atoms with Gasteiger partial charge in [0.2, 0.25) is 0 Å². The lowest BCUT2D eigenvalue weighted by molar-refractivity contribution is 0.102. The molecule has 0 atom stereocenters. The molecule has 8 nitrogen and oxygen atoms in total. The molecular formula is C15H10N6O2. The van der Waals surface area contributed by atoms with E-state index in [1.165, 1.54) is 23.0 Å². The van der Waals surface area contributed by atoms with E-state index in [1.807, 2.05) is 24.3 Å². The van der Waals surface area contributed by atoms with Gasteiger partial charge in [0, 0.05) is 6.07 Å². The molecule has 1 aromatic carbocycles. The summed E-state index contributed by atoms with van der Waals surface area (Å²) in [5.74, 6) is -0.327. The largest absolute Gasteiger partial charge is 0.304 e. The third-order valence-electron chi connectivity index (χ3n) is 3.03. The second-order valence-corrected chi connectivity index (χ2v) is 4.53. The van der Waals surface area contributed by atoms with Gasteiger partial charge in [-0.2, -0.15) is 15.5 Å². The van der Waals surface area contributed by atoms with Crippen LogP contribution in [-0.2, 0) is 0 Å². The molecule has 0 bridgehead atoms. The molecule has 0 aliphatic carbocycles. The second kappa shape index (κ2) is 5.95. The summed E-state index contributed by atoms with van der Waals surface area (Å²) in [6.07, 6.45) is 1.36. The van der Waals surface area contributed by atoms with Crippen molar-refractivity contribution in [1.82, 2.24) is 20.0 Å². The number of carbonyl (C=O) groups is 1. The molecule has 0 unspecified atom stereocenters. The number of anilines is 1. The van der Waals surface area contributed by atoms with Gasteiger partial charge >= 0.3 is 0 Å². The Morgan fingerprint density at radius 2 is 2.00 bits per heavy atom. The van der Waals surface area contributed by atoms with Crippen molar-refractivity contribution in [3.05, 3.63) is 70.3 Å². The van der Waals surface area contributed by atoms with Gasteiger partial charge in [-0.25, -0.2) is 9.78 Å². The molecule has 0 fully saturated rings. The number of rotatable bonds is 3.